The molecule has 0 atom stereocenters. The molecule has 0 heterocycles. The molecule has 1 nitrogen and oxygen atoms in total. The maximum Gasteiger partial charge on any atom is 0.123 e. The molecule has 0 radical (unpaired) electrons. The number of rotatable bonds is 3. The zero-order valence-corrected chi connectivity index (χ0v) is 14.0. The number of benzene rings is 2. The normalized spacial score (nSPS) is 24.0. The van der Waals surface area contributed by atoms with Gasteiger partial charge in [-0.1, -0.05) is 18.2 Å². The van der Waals surface area contributed by atoms with Gasteiger partial charge in [-0.05, 0) is 97.3 Å². The van der Waals surface area contributed by atoms with E-state index in [1.807, 2.05) is 6.07 Å². The predicted octanol–water partition coefficient (Wildman–Crippen LogP) is 5.11. The Hall–Kier alpha value is -1.67. The van der Waals surface area contributed by atoms with Gasteiger partial charge in [0.25, 0.3) is 0 Å². The van der Waals surface area contributed by atoms with Gasteiger partial charge in [0, 0.05) is 6.54 Å². The third-order valence-electron chi connectivity index (χ3n) is 5.57. The molecule has 120 valence electrons. The molecule has 3 aliphatic carbocycles. The van der Waals surface area contributed by atoms with Crippen LogP contribution in [0.1, 0.15) is 31.2 Å². The first-order valence-electron chi connectivity index (χ1n) is 8.69. The number of likely N-dealkylation sites (N-methyl/N-ethyl adjacent to an activating group) is 1. The smallest absolute Gasteiger partial charge is 0.123 e. The van der Waals surface area contributed by atoms with Crippen LogP contribution in [0.5, 0.6) is 0 Å². The average Bonchev–Trinajstić information content (AvgIpc) is 2.55. The van der Waals surface area contributed by atoms with Crippen molar-refractivity contribution in [2.24, 2.45) is 11.8 Å². The molecule has 0 amide bonds. The molecule has 2 aromatic carbocycles. The third-order valence-corrected chi connectivity index (χ3v) is 5.57. The molecule has 0 unspecified atom stereocenters. The molecule has 0 aromatic heterocycles. The van der Waals surface area contributed by atoms with Crippen LogP contribution in [0.2, 0.25) is 0 Å². The van der Waals surface area contributed by atoms with E-state index < -0.39 is 0 Å². The summed E-state index contributed by atoms with van der Waals surface area (Å²) < 4.78 is 13.4. The van der Waals surface area contributed by atoms with Gasteiger partial charge in [-0.25, -0.2) is 4.39 Å². The Labute approximate surface area is 137 Å². The fourth-order valence-electron chi connectivity index (χ4n) is 4.57. The molecule has 5 rings (SSSR count). The third kappa shape index (κ3) is 2.70. The van der Waals surface area contributed by atoms with E-state index in [0.29, 0.717) is 5.92 Å². The summed E-state index contributed by atoms with van der Waals surface area (Å²) in [4.78, 5) is 2.30. The molecule has 1 fully saturated rings. The summed E-state index contributed by atoms with van der Waals surface area (Å²) in [6.07, 6.45) is 5.38. The summed E-state index contributed by atoms with van der Waals surface area (Å²) in [5.74, 6) is 1.32. The maximum absolute atomic E-state index is 13.4. The topological polar surface area (TPSA) is 3.24 Å². The molecule has 2 aromatic rings. The Morgan fingerprint density at radius 1 is 0.913 bits per heavy atom. The highest BCUT2D eigenvalue weighted by Crippen LogP contribution is 2.49. The fraction of sp³-hybridized carbons (Fsp3) is 0.429. The van der Waals surface area contributed by atoms with Crippen LogP contribution in [-0.4, -0.2) is 25.5 Å². The van der Waals surface area contributed by atoms with Gasteiger partial charge in [0.15, 0.2) is 0 Å². The lowest BCUT2D eigenvalue weighted by Gasteiger charge is -2.41. The largest absolute Gasteiger partial charge is 0.305 e. The highest BCUT2D eigenvalue weighted by molar-refractivity contribution is 5.87. The van der Waals surface area contributed by atoms with Gasteiger partial charge in [-0.15, -0.1) is 0 Å². The fourth-order valence-corrected chi connectivity index (χ4v) is 4.57. The van der Waals surface area contributed by atoms with Gasteiger partial charge in [0.2, 0.25) is 0 Å². The van der Waals surface area contributed by atoms with E-state index in [0.717, 1.165) is 23.2 Å². The van der Waals surface area contributed by atoms with Crippen molar-refractivity contribution in [3.05, 3.63) is 53.4 Å². The highest BCUT2D eigenvalue weighted by Gasteiger charge is 2.35. The van der Waals surface area contributed by atoms with Gasteiger partial charge in [0.05, 0.1) is 0 Å². The number of hydrogen-bond donors (Lipinski definition) is 0. The zero-order chi connectivity index (χ0) is 16.0. The van der Waals surface area contributed by atoms with Crippen molar-refractivity contribution in [1.82, 2.24) is 4.90 Å². The molecule has 0 saturated heterocycles. The van der Waals surface area contributed by atoms with Crippen LogP contribution >= 0.6 is 0 Å². The molecule has 0 N–H and O–H groups in total. The minimum atomic E-state index is -0.158. The van der Waals surface area contributed by atoms with E-state index in [4.69, 9.17) is 0 Å². The van der Waals surface area contributed by atoms with E-state index in [1.54, 1.807) is 23.3 Å². The van der Waals surface area contributed by atoms with Crippen molar-refractivity contribution in [3.8, 4) is 0 Å². The monoisotopic (exact) mass is 309 g/mol. The number of halogens is 1. The molecule has 1 saturated carbocycles. The molecule has 2 bridgehead atoms. The number of hydrogen-bond acceptors (Lipinski definition) is 1. The summed E-state index contributed by atoms with van der Waals surface area (Å²) in [6, 6.07) is 11.6. The molecule has 0 spiro atoms. The van der Waals surface area contributed by atoms with Crippen LogP contribution in [0.3, 0.4) is 0 Å². The standard InChI is InChI=1S/C21H24FN/c1-23(2)13-20-14-3-5-15(6-4-14)21(20)18-8-7-17-12-19(22)10-9-16(17)11-18/h7-12,14-15H,3-6,13H2,1-2H3. The van der Waals surface area contributed by atoms with Crippen molar-refractivity contribution < 1.29 is 4.39 Å². The van der Waals surface area contributed by atoms with Crippen LogP contribution in [0.4, 0.5) is 4.39 Å². The second-order valence-corrected chi connectivity index (χ2v) is 7.43. The minimum Gasteiger partial charge on any atom is -0.305 e. The zero-order valence-electron chi connectivity index (χ0n) is 14.0. The van der Waals surface area contributed by atoms with Gasteiger partial charge in [0.1, 0.15) is 5.82 Å². The van der Waals surface area contributed by atoms with Crippen molar-refractivity contribution in [3.63, 3.8) is 0 Å². The first kappa shape index (κ1) is 14.9. The van der Waals surface area contributed by atoms with E-state index in [-0.39, 0.29) is 5.82 Å². The molecule has 3 aliphatic rings. The van der Waals surface area contributed by atoms with Gasteiger partial charge in [-0.3, -0.25) is 0 Å². The average molecular weight is 309 g/mol. The maximum atomic E-state index is 13.4. The Kier molecular flexibility index (Phi) is 3.73. The minimum absolute atomic E-state index is 0.158. The summed E-state index contributed by atoms with van der Waals surface area (Å²) >= 11 is 0. The molecule has 0 aliphatic heterocycles. The van der Waals surface area contributed by atoms with Crippen LogP contribution < -0.4 is 0 Å². The van der Waals surface area contributed by atoms with E-state index in [1.165, 1.54) is 31.2 Å². The Bertz CT molecular complexity index is 767. The number of allylic oxidation sites excluding steroid dienone is 1. The lowest BCUT2D eigenvalue weighted by atomic mass is 9.65. The van der Waals surface area contributed by atoms with Crippen molar-refractivity contribution in [1.29, 1.82) is 0 Å². The van der Waals surface area contributed by atoms with Crippen molar-refractivity contribution in [2.75, 3.05) is 20.6 Å². The SMILES string of the molecule is CN(C)CC1=C(c2ccc3cc(F)ccc3c2)C2CCC1CC2. The van der Waals surface area contributed by atoms with Crippen LogP contribution in [0.25, 0.3) is 16.3 Å². The van der Waals surface area contributed by atoms with E-state index in [9.17, 15) is 4.39 Å². The van der Waals surface area contributed by atoms with Gasteiger partial charge in [-0.2, -0.15) is 0 Å². The molecule has 23 heavy (non-hydrogen) atoms. The summed E-state index contributed by atoms with van der Waals surface area (Å²) in [5, 5.41) is 2.13. The summed E-state index contributed by atoms with van der Waals surface area (Å²) in [7, 11) is 4.33. The quantitative estimate of drug-likeness (QED) is 0.761. The van der Waals surface area contributed by atoms with Crippen LogP contribution in [0.15, 0.2) is 42.0 Å². The Morgan fingerprint density at radius 2 is 1.57 bits per heavy atom. The number of nitrogens with zero attached hydrogens (tertiary/aromatic N) is 1. The second kappa shape index (κ2) is 5.76. The Balaban J connectivity index is 1.84. The highest BCUT2D eigenvalue weighted by atomic mass is 19.1. The number of fused-ring (bicyclic) bond motifs is 3. The van der Waals surface area contributed by atoms with Crippen molar-refractivity contribution >= 4 is 16.3 Å². The lowest BCUT2D eigenvalue weighted by Crippen LogP contribution is -2.31. The first-order valence-corrected chi connectivity index (χ1v) is 8.69. The summed E-state index contributed by atoms with van der Waals surface area (Å²) in [6.45, 7) is 1.07. The van der Waals surface area contributed by atoms with Crippen LogP contribution in [-0.2, 0) is 0 Å². The summed E-state index contributed by atoms with van der Waals surface area (Å²) in [5.41, 5.74) is 4.60. The molecule has 2 heteroatoms. The van der Waals surface area contributed by atoms with Crippen LogP contribution in [0, 0.1) is 17.7 Å². The molecular formula is C21H24FN. The van der Waals surface area contributed by atoms with Gasteiger partial charge >= 0.3 is 0 Å². The first-order chi connectivity index (χ1) is 11.1. The molecular weight excluding hydrogens is 285 g/mol. The van der Waals surface area contributed by atoms with E-state index in [2.05, 4.69) is 37.2 Å². The Morgan fingerprint density at radius 3 is 2.30 bits per heavy atom. The van der Waals surface area contributed by atoms with E-state index >= 15 is 0 Å². The van der Waals surface area contributed by atoms with Crippen molar-refractivity contribution in [2.45, 2.75) is 25.7 Å². The second-order valence-electron chi connectivity index (χ2n) is 7.43. The predicted molar refractivity (Wildman–Crippen MR) is 94.8 cm³/mol. The van der Waals surface area contributed by atoms with Gasteiger partial charge < -0.3 is 4.90 Å². The lowest BCUT2D eigenvalue weighted by molar-refractivity contribution is 0.299.